The van der Waals surface area contributed by atoms with E-state index in [1.54, 1.807) is 0 Å². The average Bonchev–Trinajstić information content (AvgIpc) is 2.39. The summed E-state index contributed by atoms with van der Waals surface area (Å²) in [7, 11) is 0. The van der Waals surface area contributed by atoms with Crippen LogP contribution in [0.4, 0.5) is 0 Å². The van der Waals surface area contributed by atoms with Crippen LogP contribution in [-0.2, 0) is 11.2 Å². The van der Waals surface area contributed by atoms with E-state index < -0.39 is 0 Å². The van der Waals surface area contributed by atoms with Crippen LogP contribution in [0.3, 0.4) is 0 Å². The van der Waals surface area contributed by atoms with Gasteiger partial charge in [-0.25, -0.2) is 0 Å². The van der Waals surface area contributed by atoms with Crippen LogP contribution >= 0.6 is 11.6 Å². The van der Waals surface area contributed by atoms with Crippen molar-refractivity contribution in [2.45, 2.75) is 26.7 Å². The van der Waals surface area contributed by atoms with Gasteiger partial charge in [-0.15, -0.1) is 0 Å². The van der Waals surface area contributed by atoms with Crippen molar-refractivity contribution in [2.24, 2.45) is 0 Å². The number of rotatable bonds is 5. The molecule has 0 aromatic heterocycles. The van der Waals surface area contributed by atoms with Crippen LogP contribution in [0, 0.1) is 0 Å². The molecule has 0 radical (unpaired) electrons. The molecule has 0 amide bonds. The molecule has 0 saturated carbocycles. The van der Waals surface area contributed by atoms with Gasteiger partial charge in [-0.3, -0.25) is 4.79 Å². The normalized spacial score (nSPS) is 13.5. The van der Waals surface area contributed by atoms with Gasteiger partial charge in [-0.05, 0) is 67.6 Å². The molecule has 0 atom stereocenters. The first-order chi connectivity index (χ1) is 9.15. The zero-order chi connectivity index (χ0) is 13.8. The molecule has 1 aromatic rings. The Morgan fingerprint density at radius 3 is 2.37 bits per heavy atom. The van der Waals surface area contributed by atoms with Crippen molar-refractivity contribution in [3.63, 3.8) is 0 Å². The van der Waals surface area contributed by atoms with Gasteiger partial charge in [-0.1, -0.05) is 0 Å². The molecule has 0 heterocycles. The topological polar surface area (TPSA) is 35.5 Å². The van der Waals surface area contributed by atoms with Crippen LogP contribution in [0.1, 0.15) is 31.4 Å². The predicted molar refractivity (Wildman–Crippen MR) is 75.9 cm³/mol. The van der Waals surface area contributed by atoms with Crippen LogP contribution < -0.4 is 9.47 Å². The van der Waals surface area contributed by atoms with Crippen molar-refractivity contribution in [3.8, 4) is 11.5 Å². The number of benzene rings is 1. The molecule has 0 unspecified atom stereocenters. The minimum Gasteiger partial charge on any atom is -0.490 e. The van der Waals surface area contributed by atoms with Crippen LogP contribution in [0.25, 0.3) is 6.08 Å². The highest BCUT2D eigenvalue weighted by Crippen LogP contribution is 2.35. The van der Waals surface area contributed by atoms with E-state index in [-0.39, 0.29) is 5.24 Å². The summed E-state index contributed by atoms with van der Waals surface area (Å²) in [6.07, 6.45) is 3.31. The van der Waals surface area contributed by atoms with Gasteiger partial charge in [0.1, 0.15) is 0 Å². The lowest BCUT2D eigenvalue weighted by atomic mass is 9.92. The largest absolute Gasteiger partial charge is 0.490 e. The van der Waals surface area contributed by atoms with E-state index in [4.69, 9.17) is 21.1 Å². The summed E-state index contributed by atoms with van der Waals surface area (Å²) in [5, 5.41) is -0.377. The monoisotopic (exact) mass is 280 g/mol. The SMILES string of the molecule is CCOc1cc2c(cc1OCC)CCC(C(=O)Cl)=C2. The molecule has 0 bridgehead atoms. The third-order valence-corrected chi connectivity index (χ3v) is 3.29. The summed E-state index contributed by atoms with van der Waals surface area (Å²) in [6.45, 7) is 5.04. The second-order valence-corrected chi connectivity index (χ2v) is 4.65. The smallest absolute Gasteiger partial charge is 0.248 e. The maximum absolute atomic E-state index is 11.2. The summed E-state index contributed by atoms with van der Waals surface area (Å²) >= 11 is 5.54. The van der Waals surface area contributed by atoms with E-state index in [9.17, 15) is 4.79 Å². The van der Waals surface area contributed by atoms with E-state index in [1.807, 2.05) is 32.1 Å². The second-order valence-electron chi connectivity index (χ2n) is 4.31. The van der Waals surface area contributed by atoms with E-state index in [0.717, 1.165) is 23.3 Å². The predicted octanol–water partition coefficient (Wildman–Crippen LogP) is 3.58. The molecule has 1 aliphatic carbocycles. The number of aryl methyl sites for hydroxylation is 1. The highest BCUT2D eigenvalue weighted by atomic mass is 35.5. The first kappa shape index (κ1) is 13.9. The Labute approximate surface area is 118 Å². The van der Waals surface area contributed by atoms with Crippen LogP contribution in [0.5, 0.6) is 11.5 Å². The van der Waals surface area contributed by atoms with Crippen molar-refractivity contribution in [1.82, 2.24) is 0 Å². The van der Waals surface area contributed by atoms with E-state index in [1.165, 1.54) is 0 Å². The van der Waals surface area contributed by atoms with Gasteiger partial charge in [0, 0.05) is 5.57 Å². The summed E-state index contributed by atoms with van der Waals surface area (Å²) in [5.74, 6) is 1.47. The van der Waals surface area contributed by atoms with Crippen molar-refractivity contribution in [1.29, 1.82) is 0 Å². The van der Waals surface area contributed by atoms with Crippen molar-refractivity contribution in [3.05, 3.63) is 28.8 Å². The molecule has 0 aliphatic heterocycles. The van der Waals surface area contributed by atoms with Gasteiger partial charge in [0.2, 0.25) is 5.24 Å². The van der Waals surface area contributed by atoms with Crippen molar-refractivity contribution >= 4 is 22.9 Å². The number of carbonyl (C=O) groups is 1. The third-order valence-electron chi connectivity index (χ3n) is 3.05. The zero-order valence-corrected chi connectivity index (χ0v) is 11.9. The molecule has 2 rings (SSSR count). The van der Waals surface area contributed by atoms with Gasteiger partial charge in [0.15, 0.2) is 11.5 Å². The van der Waals surface area contributed by atoms with Gasteiger partial charge in [-0.2, -0.15) is 0 Å². The molecule has 3 nitrogen and oxygen atoms in total. The zero-order valence-electron chi connectivity index (χ0n) is 11.2. The fraction of sp³-hybridized carbons (Fsp3) is 0.400. The Hall–Kier alpha value is -1.48. The molecule has 1 aliphatic rings. The lowest BCUT2D eigenvalue weighted by Gasteiger charge is -2.18. The molecular weight excluding hydrogens is 264 g/mol. The average molecular weight is 281 g/mol. The summed E-state index contributed by atoms with van der Waals surface area (Å²) < 4.78 is 11.2. The quantitative estimate of drug-likeness (QED) is 0.774. The molecule has 102 valence electrons. The van der Waals surface area contributed by atoms with Gasteiger partial charge >= 0.3 is 0 Å². The van der Waals surface area contributed by atoms with E-state index in [0.29, 0.717) is 31.0 Å². The molecular formula is C15H17ClO3. The summed E-state index contributed by atoms with van der Waals surface area (Å²) in [5.41, 5.74) is 2.80. The number of ether oxygens (including phenoxy) is 2. The van der Waals surface area contributed by atoms with Gasteiger partial charge in [0.25, 0.3) is 0 Å². The highest BCUT2D eigenvalue weighted by Gasteiger charge is 2.18. The van der Waals surface area contributed by atoms with Crippen molar-refractivity contribution < 1.29 is 14.3 Å². The minimum atomic E-state index is -0.377. The Balaban J connectivity index is 2.42. The van der Waals surface area contributed by atoms with Crippen LogP contribution in [-0.4, -0.2) is 18.5 Å². The maximum atomic E-state index is 11.2. The molecule has 0 fully saturated rings. The molecule has 1 aromatic carbocycles. The number of allylic oxidation sites excluding steroid dienone is 1. The van der Waals surface area contributed by atoms with Gasteiger partial charge in [0.05, 0.1) is 13.2 Å². The maximum Gasteiger partial charge on any atom is 0.248 e. The number of hydrogen-bond donors (Lipinski definition) is 0. The number of hydrogen-bond acceptors (Lipinski definition) is 3. The molecule has 19 heavy (non-hydrogen) atoms. The molecule has 4 heteroatoms. The van der Waals surface area contributed by atoms with Crippen LogP contribution in [0.2, 0.25) is 0 Å². The number of carbonyl (C=O) groups excluding carboxylic acids is 1. The minimum absolute atomic E-state index is 0.377. The van der Waals surface area contributed by atoms with E-state index >= 15 is 0 Å². The first-order valence-corrected chi connectivity index (χ1v) is 6.86. The Kier molecular flexibility index (Phi) is 4.48. The molecule has 0 saturated heterocycles. The van der Waals surface area contributed by atoms with Gasteiger partial charge < -0.3 is 9.47 Å². The Bertz CT molecular complexity index is 520. The Morgan fingerprint density at radius 2 is 1.79 bits per heavy atom. The standard InChI is InChI=1S/C15H17ClO3/c1-3-18-13-8-10-5-6-11(15(16)17)7-12(10)9-14(13)19-4-2/h7-9H,3-6H2,1-2H3. The van der Waals surface area contributed by atoms with E-state index in [2.05, 4.69) is 0 Å². The number of fused-ring (bicyclic) bond motifs is 1. The first-order valence-electron chi connectivity index (χ1n) is 6.48. The van der Waals surface area contributed by atoms with Crippen LogP contribution in [0.15, 0.2) is 17.7 Å². The summed E-state index contributed by atoms with van der Waals surface area (Å²) in [4.78, 5) is 11.2. The molecule has 0 spiro atoms. The summed E-state index contributed by atoms with van der Waals surface area (Å²) in [6, 6.07) is 3.92. The highest BCUT2D eigenvalue weighted by molar-refractivity contribution is 6.68. The second kappa shape index (κ2) is 6.11. The van der Waals surface area contributed by atoms with Crippen molar-refractivity contribution in [2.75, 3.05) is 13.2 Å². The Morgan fingerprint density at radius 1 is 1.16 bits per heavy atom. The lowest BCUT2D eigenvalue weighted by Crippen LogP contribution is -2.06. The fourth-order valence-corrected chi connectivity index (χ4v) is 2.34. The lowest BCUT2D eigenvalue weighted by molar-refractivity contribution is -0.108. The fourth-order valence-electron chi connectivity index (χ4n) is 2.19. The number of halogens is 1. The third kappa shape index (κ3) is 3.10. The molecule has 0 N–H and O–H groups in total.